The molecule has 0 N–H and O–H groups in total. The van der Waals surface area contributed by atoms with Gasteiger partial charge in [0.15, 0.2) is 0 Å². The molecule has 0 aliphatic carbocycles. The highest BCUT2D eigenvalue weighted by molar-refractivity contribution is 6.31. The predicted molar refractivity (Wildman–Crippen MR) is 75.0 cm³/mol. The lowest BCUT2D eigenvalue weighted by atomic mass is 9.99. The molecule has 0 atom stereocenters. The topological polar surface area (TPSA) is 17.1 Å². The van der Waals surface area contributed by atoms with Crippen LogP contribution in [0, 0.1) is 12.7 Å². The molecule has 19 heavy (non-hydrogen) atoms. The normalized spacial score (nSPS) is 10.5. The number of hydrogen-bond donors (Lipinski definition) is 0. The van der Waals surface area contributed by atoms with Crippen molar-refractivity contribution in [3.63, 3.8) is 0 Å². The zero-order valence-corrected chi connectivity index (χ0v) is 11.4. The number of benzene rings is 2. The molecule has 3 heteroatoms. The van der Waals surface area contributed by atoms with Crippen LogP contribution in [0.5, 0.6) is 0 Å². The molecule has 0 spiro atoms. The molecular formula is C16H14ClFO. The smallest absolute Gasteiger partial charge is 0.141 e. The Morgan fingerprint density at radius 2 is 1.84 bits per heavy atom. The first-order chi connectivity index (χ1) is 9.08. The third-order valence-corrected chi connectivity index (χ3v) is 3.44. The maximum absolute atomic E-state index is 13.6. The van der Waals surface area contributed by atoms with Gasteiger partial charge in [-0.2, -0.15) is 0 Å². The van der Waals surface area contributed by atoms with Gasteiger partial charge in [-0.3, -0.25) is 4.79 Å². The zero-order valence-electron chi connectivity index (χ0n) is 10.6. The first-order valence-electron chi connectivity index (χ1n) is 6.07. The van der Waals surface area contributed by atoms with Crippen LogP contribution in [-0.4, -0.2) is 5.78 Å². The van der Waals surface area contributed by atoms with E-state index in [0.717, 1.165) is 11.1 Å². The molecule has 0 saturated carbocycles. The summed E-state index contributed by atoms with van der Waals surface area (Å²) < 4.78 is 13.6. The van der Waals surface area contributed by atoms with Gasteiger partial charge in [-0.05, 0) is 30.2 Å². The van der Waals surface area contributed by atoms with Gasteiger partial charge in [0, 0.05) is 23.4 Å². The van der Waals surface area contributed by atoms with Crippen molar-refractivity contribution in [1.82, 2.24) is 0 Å². The lowest BCUT2D eigenvalue weighted by Crippen LogP contribution is -2.09. The number of Topliss-reactive ketones (excluding diaryl/α,β-unsaturated/α-hetero) is 1. The highest BCUT2D eigenvalue weighted by Crippen LogP contribution is 2.20. The molecule has 0 radical (unpaired) electrons. The predicted octanol–water partition coefficient (Wildman–Crippen LogP) is 4.14. The standard InChI is InChI=1S/C16H14ClFO/c1-11-5-2-3-6-12(11)9-13(19)10-14-15(17)7-4-8-16(14)18/h2-8H,9-10H2,1H3. The summed E-state index contributed by atoms with van der Waals surface area (Å²) in [6.07, 6.45) is 0.331. The molecule has 98 valence electrons. The Bertz CT molecular complexity index is 587. The maximum Gasteiger partial charge on any atom is 0.141 e. The highest BCUT2D eigenvalue weighted by atomic mass is 35.5. The van der Waals surface area contributed by atoms with Gasteiger partial charge in [0.25, 0.3) is 0 Å². The lowest BCUT2D eigenvalue weighted by Gasteiger charge is -2.07. The molecule has 0 aromatic heterocycles. The van der Waals surface area contributed by atoms with E-state index in [1.54, 1.807) is 6.07 Å². The van der Waals surface area contributed by atoms with Gasteiger partial charge < -0.3 is 0 Å². The third kappa shape index (κ3) is 3.42. The van der Waals surface area contributed by atoms with E-state index in [-0.39, 0.29) is 17.8 Å². The summed E-state index contributed by atoms with van der Waals surface area (Å²) in [6.45, 7) is 1.96. The van der Waals surface area contributed by atoms with Crippen LogP contribution in [0.2, 0.25) is 5.02 Å². The minimum atomic E-state index is -0.425. The SMILES string of the molecule is Cc1ccccc1CC(=O)Cc1c(F)cccc1Cl. The number of hydrogen-bond acceptors (Lipinski definition) is 1. The Hall–Kier alpha value is -1.67. The fourth-order valence-electron chi connectivity index (χ4n) is 1.98. The van der Waals surface area contributed by atoms with Crippen LogP contribution in [0.1, 0.15) is 16.7 Å². The summed E-state index contributed by atoms with van der Waals surface area (Å²) in [5.74, 6) is -0.466. The molecule has 0 saturated heterocycles. The Morgan fingerprint density at radius 1 is 1.11 bits per heavy atom. The second-order valence-corrected chi connectivity index (χ2v) is 4.93. The molecule has 0 fully saturated rings. The molecular weight excluding hydrogens is 263 g/mol. The van der Waals surface area contributed by atoms with Crippen molar-refractivity contribution in [1.29, 1.82) is 0 Å². The van der Waals surface area contributed by atoms with Gasteiger partial charge in [0.05, 0.1) is 0 Å². The highest BCUT2D eigenvalue weighted by Gasteiger charge is 2.13. The average Bonchev–Trinajstić information content (AvgIpc) is 2.37. The van der Waals surface area contributed by atoms with Crippen molar-refractivity contribution in [3.05, 3.63) is 70.0 Å². The third-order valence-electron chi connectivity index (χ3n) is 3.08. The second kappa shape index (κ2) is 5.98. The fourth-order valence-corrected chi connectivity index (χ4v) is 2.21. The molecule has 0 aliphatic rings. The van der Waals surface area contributed by atoms with Crippen molar-refractivity contribution in [2.75, 3.05) is 0 Å². The summed E-state index contributed by atoms with van der Waals surface area (Å²) in [7, 11) is 0. The van der Waals surface area contributed by atoms with Crippen LogP contribution in [-0.2, 0) is 17.6 Å². The molecule has 2 aromatic rings. The Balaban J connectivity index is 2.12. The second-order valence-electron chi connectivity index (χ2n) is 4.52. The minimum absolute atomic E-state index is 0.0276. The first-order valence-corrected chi connectivity index (χ1v) is 6.45. The minimum Gasteiger partial charge on any atom is -0.299 e. The summed E-state index contributed by atoms with van der Waals surface area (Å²) in [6, 6.07) is 12.1. The molecule has 0 amide bonds. The summed E-state index contributed by atoms with van der Waals surface area (Å²) in [5.41, 5.74) is 2.32. The molecule has 0 unspecified atom stereocenters. The number of halogens is 2. The summed E-state index contributed by atoms with van der Waals surface area (Å²) >= 11 is 5.92. The molecule has 2 rings (SSSR count). The molecule has 2 aromatic carbocycles. The van der Waals surface area contributed by atoms with Crippen molar-refractivity contribution in [2.24, 2.45) is 0 Å². The van der Waals surface area contributed by atoms with Crippen molar-refractivity contribution in [2.45, 2.75) is 19.8 Å². The molecule has 0 aliphatic heterocycles. The van der Waals surface area contributed by atoms with Gasteiger partial charge in [-0.1, -0.05) is 41.9 Å². The first kappa shape index (κ1) is 13.8. The number of aryl methyl sites for hydroxylation is 1. The van der Waals surface area contributed by atoms with Crippen LogP contribution < -0.4 is 0 Å². The van der Waals surface area contributed by atoms with Crippen LogP contribution in [0.25, 0.3) is 0 Å². The number of carbonyl (C=O) groups excluding carboxylic acids is 1. The quantitative estimate of drug-likeness (QED) is 0.820. The van der Waals surface area contributed by atoms with E-state index in [4.69, 9.17) is 11.6 Å². The van der Waals surface area contributed by atoms with Crippen LogP contribution in [0.3, 0.4) is 0 Å². The Kier molecular flexibility index (Phi) is 4.33. The zero-order chi connectivity index (χ0) is 13.8. The van der Waals surface area contributed by atoms with Crippen molar-refractivity contribution >= 4 is 17.4 Å². The van der Waals surface area contributed by atoms with Crippen LogP contribution in [0.15, 0.2) is 42.5 Å². The van der Waals surface area contributed by atoms with Crippen LogP contribution >= 0.6 is 11.6 Å². The summed E-state index contributed by atoms with van der Waals surface area (Å²) in [4.78, 5) is 12.0. The summed E-state index contributed by atoms with van der Waals surface area (Å²) in [5, 5.41) is 0.304. The number of rotatable bonds is 4. The fraction of sp³-hybridized carbons (Fsp3) is 0.188. The maximum atomic E-state index is 13.6. The van der Waals surface area contributed by atoms with E-state index >= 15 is 0 Å². The van der Waals surface area contributed by atoms with E-state index in [1.165, 1.54) is 12.1 Å². The van der Waals surface area contributed by atoms with Crippen LogP contribution in [0.4, 0.5) is 4.39 Å². The van der Waals surface area contributed by atoms with E-state index in [9.17, 15) is 9.18 Å². The van der Waals surface area contributed by atoms with Gasteiger partial charge in [-0.15, -0.1) is 0 Å². The molecule has 0 heterocycles. The van der Waals surface area contributed by atoms with Gasteiger partial charge in [-0.25, -0.2) is 4.39 Å². The Morgan fingerprint density at radius 3 is 2.53 bits per heavy atom. The van der Waals surface area contributed by atoms with E-state index < -0.39 is 5.82 Å². The number of ketones is 1. The lowest BCUT2D eigenvalue weighted by molar-refractivity contribution is -0.117. The largest absolute Gasteiger partial charge is 0.299 e. The average molecular weight is 277 g/mol. The van der Waals surface area contributed by atoms with Gasteiger partial charge in [0.1, 0.15) is 11.6 Å². The van der Waals surface area contributed by atoms with Crippen molar-refractivity contribution in [3.8, 4) is 0 Å². The van der Waals surface area contributed by atoms with E-state index in [2.05, 4.69) is 0 Å². The van der Waals surface area contributed by atoms with Crippen molar-refractivity contribution < 1.29 is 9.18 Å². The Labute approximate surface area is 117 Å². The number of carbonyl (C=O) groups is 1. The monoisotopic (exact) mass is 276 g/mol. The van der Waals surface area contributed by atoms with E-state index in [0.29, 0.717) is 11.4 Å². The van der Waals surface area contributed by atoms with Gasteiger partial charge >= 0.3 is 0 Å². The molecule has 0 bridgehead atoms. The van der Waals surface area contributed by atoms with Gasteiger partial charge in [0.2, 0.25) is 0 Å². The van der Waals surface area contributed by atoms with E-state index in [1.807, 2.05) is 31.2 Å². The molecule has 1 nitrogen and oxygen atoms in total.